The molecule has 0 radical (unpaired) electrons. The van der Waals surface area contributed by atoms with Crippen LogP contribution in [0.2, 0.25) is 0 Å². The van der Waals surface area contributed by atoms with Crippen LogP contribution in [0, 0.1) is 11.8 Å². The second kappa shape index (κ2) is 5.77. The highest BCUT2D eigenvalue weighted by atomic mass is 15.2. The van der Waals surface area contributed by atoms with Crippen LogP contribution >= 0.6 is 0 Å². The summed E-state index contributed by atoms with van der Waals surface area (Å²) in [6, 6.07) is 10.5. The van der Waals surface area contributed by atoms with Crippen LogP contribution in [0.5, 0.6) is 0 Å². The van der Waals surface area contributed by atoms with Crippen molar-refractivity contribution in [3.05, 3.63) is 29.8 Å². The van der Waals surface area contributed by atoms with Gasteiger partial charge < -0.3 is 10.2 Å². The van der Waals surface area contributed by atoms with Crippen molar-refractivity contribution in [1.82, 2.24) is 5.32 Å². The van der Waals surface area contributed by atoms with E-state index in [1.54, 1.807) is 0 Å². The Bertz CT molecular complexity index is 450. The van der Waals surface area contributed by atoms with Crippen molar-refractivity contribution in [2.24, 2.45) is 11.8 Å². The average molecular weight is 272 g/mol. The van der Waals surface area contributed by atoms with E-state index in [0.29, 0.717) is 18.0 Å². The molecule has 3 rings (SSSR count). The third-order valence-electron chi connectivity index (χ3n) is 4.99. The molecule has 1 aromatic carbocycles. The SMILES string of the molecule is CCc1cccc(N2CC(C3CC3)NCC2C(C)C)c1. The highest BCUT2D eigenvalue weighted by Crippen LogP contribution is 2.36. The molecular weight excluding hydrogens is 244 g/mol. The third-order valence-corrected chi connectivity index (χ3v) is 4.99. The topological polar surface area (TPSA) is 15.3 Å². The molecule has 0 aromatic heterocycles. The van der Waals surface area contributed by atoms with Gasteiger partial charge in [0.2, 0.25) is 0 Å². The molecule has 1 saturated heterocycles. The zero-order valence-corrected chi connectivity index (χ0v) is 13.1. The fraction of sp³-hybridized carbons (Fsp3) is 0.667. The monoisotopic (exact) mass is 272 g/mol. The van der Waals surface area contributed by atoms with E-state index in [2.05, 4.69) is 55.3 Å². The maximum atomic E-state index is 3.80. The van der Waals surface area contributed by atoms with Gasteiger partial charge in [-0.2, -0.15) is 0 Å². The molecule has 2 nitrogen and oxygen atoms in total. The van der Waals surface area contributed by atoms with Gasteiger partial charge in [0.1, 0.15) is 0 Å². The predicted molar refractivity (Wildman–Crippen MR) is 86.3 cm³/mol. The summed E-state index contributed by atoms with van der Waals surface area (Å²) in [5, 5.41) is 3.80. The number of rotatable bonds is 4. The first-order valence-electron chi connectivity index (χ1n) is 8.28. The number of hydrogen-bond acceptors (Lipinski definition) is 2. The van der Waals surface area contributed by atoms with Gasteiger partial charge in [0, 0.05) is 30.9 Å². The average Bonchev–Trinajstić information content (AvgIpc) is 3.31. The van der Waals surface area contributed by atoms with Crippen LogP contribution in [0.1, 0.15) is 39.2 Å². The Morgan fingerprint density at radius 1 is 1.30 bits per heavy atom. The van der Waals surface area contributed by atoms with Crippen molar-refractivity contribution < 1.29 is 0 Å². The zero-order valence-electron chi connectivity index (χ0n) is 13.1. The molecule has 0 bridgehead atoms. The lowest BCUT2D eigenvalue weighted by Crippen LogP contribution is -2.59. The standard InChI is InChI=1S/C18H28N2/c1-4-14-6-5-7-16(10-14)20-12-17(15-8-9-15)19-11-18(20)13(2)3/h5-7,10,13,15,17-19H,4,8-9,11-12H2,1-3H3. The molecule has 1 aromatic rings. The molecule has 1 aliphatic heterocycles. The van der Waals surface area contributed by atoms with Crippen LogP contribution in [0.4, 0.5) is 5.69 Å². The summed E-state index contributed by atoms with van der Waals surface area (Å²) >= 11 is 0. The van der Waals surface area contributed by atoms with Crippen molar-refractivity contribution in [2.45, 2.75) is 52.1 Å². The number of piperazine rings is 1. The van der Waals surface area contributed by atoms with Gasteiger partial charge >= 0.3 is 0 Å². The third kappa shape index (κ3) is 2.85. The smallest absolute Gasteiger partial charge is 0.0438 e. The van der Waals surface area contributed by atoms with Crippen molar-refractivity contribution in [3.8, 4) is 0 Å². The lowest BCUT2D eigenvalue weighted by atomic mass is 9.96. The highest BCUT2D eigenvalue weighted by molar-refractivity contribution is 5.50. The molecule has 1 N–H and O–H groups in total. The van der Waals surface area contributed by atoms with E-state index < -0.39 is 0 Å². The molecule has 2 fully saturated rings. The number of nitrogens with one attached hydrogen (secondary N) is 1. The number of aryl methyl sites for hydroxylation is 1. The first kappa shape index (κ1) is 13.9. The Balaban J connectivity index is 1.83. The molecule has 1 saturated carbocycles. The molecule has 2 atom stereocenters. The first-order valence-corrected chi connectivity index (χ1v) is 8.28. The summed E-state index contributed by atoms with van der Waals surface area (Å²) in [5.74, 6) is 1.62. The van der Waals surface area contributed by atoms with Gasteiger partial charge in [-0.15, -0.1) is 0 Å². The van der Waals surface area contributed by atoms with E-state index in [9.17, 15) is 0 Å². The Morgan fingerprint density at radius 2 is 2.10 bits per heavy atom. The second-order valence-electron chi connectivity index (χ2n) is 6.84. The molecule has 0 amide bonds. The molecule has 110 valence electrons. The normalized spacial score (nSPS) is 27.1. The minimum Gasteiger partial charge on any atom is -0.365 e. The van der Waals surface area contributed by atoms with Crippen molar-refractivity contribution in [2.75, 3.05) is 18.0 Å². The van der Waals surface area contributed by atoms with Gasteiger partial charge in [0.25, 0.3) is 0 Å². The van der Waals surface area contributed by atoms with Gasteiger partial charge in [-0.1, -0.05) is 32.9 Å². The molecule has 20 heavy (non-hydrogen) atoms. The van der Waals surface area contributed by atoms with E-state index in [0.717, 1.165) is 18.9 Å². The number of nitrogens with zero attached hydrogens (tertiary/aromatic N) is 1. The molecule has 0 spiro atoms. The zero-order chi connectivity index (χ0) is 14.1. The lowest BCUT2D eigenvalue weighted by Gasteiger charge is -2.44. The summed E-state index contributed by atoms with van der Waals surface area (Å²) < 4.78 is 0. The fourth-order valence-electron chi connectivity index (χ4n) is 3.46. The van der Waals surface area contributed by atoms with E-state index >= 15 is 0 Å². The van der Waals surface area contributed by atoms with Crippen molar-refractivity contribution in [1.29, 1.82) is 0 Å². The molecular formula is C18H28N2. The molecule has 2 aliphatic rings. The number of hydrogen-bond donors (Lipinski definition) is 1. The Labute approximate surface area is 123 Å². The van der Waals surface area contributed by atoms with Crippen LogP contribution in [0.15, 0.2) is 24.3 Å². The quantitative estimate of drug-likeness (QED) is 0.903. The maximum absolute atomic E-state index is 3.80. The lowest BCUT2D eigenvalue weighted by molar-refractivity contribution is 0.320. The molecule has 1 heterocycles. The van der Waals surface area contributed by atoms with E-state index in [4.69, 9.17) is 0 Å². The van der Waals surface area contributed by atoms with Gasteiger partial charge in [-0.25, -0.2) is 0 Å². The van der Waals surface area contributed by atoms with Gasteiger partial charge in [-0.05, 0) is 48.8 Å². The molecule has 1 aliphatic carbocycles. The Morgan fingerprint density at radius 3 is 2.75 bits per heavy atom. The van der Waals surface area contributed by atoms with Crippen LogP contribution in [-0.2, 0) is 6.42 Å². The van der Waals surface area contributed by atoms with E-state index in [1.165, 1.54) is 30.6 Å². The van der Waals surface area contributed by atoms with E-state index in [-0.39, 0.29) is 0 Å². The maximum Gasteiger partial charge on any atom is 0.0438 e. The summed E-state index contributed by atoms with van der Waals surface area (Å²) in [7, 11) is 0. The van der Waals surface area contributed by atoms with Crippen molar-refractivity contribution >= 4 is 5.69 Å². The minimum absolute atomic E-state index is 0.622. The Hall–Kier alpha value is -1.02. The number of benzene rings is 1. The minimum atomic E-state index is 0.622. The van der Waals surface area contributed by atoms with Gasteiger partial charge in [0.05, 0.1) is 0 Å². The first-order chi connectivity index (χ1) is 9.69. The van der Waals surface area contributed by atoms with E-state index in [1.807, 2.05) is 0 Å². The molecule has 2 heteroatoms. The fourth-order valence-corrected chi connectivity index (χ4v) is 3.46. The van der Waals surface area contributed by atoms with Gasteiger partial charge in [0.15, 0.2) is 0 Å². The van der Waals surface area contributed by atoms with Crippen LogP contribution in [0.25, 0.3) is 0 Å². The predicted octanol–water partition coefficient (Wildman–Crippen LogP) is 3.46. The summed E-state index contributed by atoms with van der Waals surface area (Å²) in [6.45, 7) is 9.25. The summed E-state index contributed by atoms with van der Waals surface area (Å²) in [5.41, 5.74) is 2.88. The second-order valence-corrected chi connectivity index (χ2v) is 6.84. The van der Waals surface area contributed by atoms with Crippen molar-refractivity contribution in [3.63, 3.8) is 0 Å². The summed E-state index contributed by atoms with van der Waals surface area (Å²) in [6.07, 6.45) is 3.97. The summed E-state index contributed by atoms with van der Waals surface area (Å²) in [4.78, 5) is 2.67. The highest BCUT2D eigenvalue weighted by Gasteiger charge is 2.38. The Kier molecular flexibility index (Phi) is 4.02. The van der Waals surface area contributed by atoms with Crippen LogP contribution in [-0.4, -0.2) is 25.2 Å². The molecule has 2 unspecified atom stereocenters. The van der Waals surface area contributed by atoms with Crippen LogP contribution < -0.4 is 10.2 Å². The van der Waals surface area contributed by atoms with Gasteiger partial charge in [-0.3, -0.25) is 0 Å². The largest absolute Gasteiger partial charge is 0.365 e. The van der Waals surface area contributed by atoms with Crippen LogP contribution in [0.3, 0.4) is 0 Å². The number of anilines is 1.